The number of piperazine rings is 1. The predicted molar refractivity (Wildman–Crippen MR) is 119 cm³/mol. The molecule has 2 heterocycles. The maximum Gasteiger partial charge on any atom is 0.307 e. The van der Waals surface area contributed by atoms with Crippen LogP contribution in [-0.2, 0) is 15.3 Å². The van der Waals surface area contributed by atoms with Crippen LogP contribution in [0.4, 0.5) is 0 Å². The molecule has 152 valence electrons. The number of carbonyl (C=O) groups excluding carboxylic acids is 1. The Hall–Kier alpha value is -2.08. The zero-order valence-corrected chi connectivity index (χ0v) is 17.8. The number of hydrogen-bond donors (Lipinski definition) is 0. The number of benzene rings is 2. The number of fused-ring (bicyclic) bond motifs is 2. The van der Waals surface area contributed by atoms with Crippen LogP contribution in [0.25, 0.3) is 5.57 Å². The topological polar surface area (TPSA) is 32.8 Å². The second-order valence-electron chi connectivity index (χ2n) is 7.64. The van der Waals surface area contributed by atoms with E-state index in [0.717, 1.165) is 44.0 Å². The molecule has 0 bridgehead atoms. The van der Waals surface area contributed by atoms with Gasteiger partial charge in [-0.15, -0.1) is 11.8 Å². The van der Waals surface area contributed by atoms with Crippen LogP contribution in [0.3, 0.4) is 0 Å². The summed E-state index contributed by atoms with van der Waals surface area (Å²) < 4.78 is 5.57. The van der Waals surface area contributed by atoms with E-state index in [9.17, 15) is 4.79 Å². The van der Waals surface area contributed by atoms with Crippen molar-refractivity contribution in [2.24, 2.45) is 0 Å². The monoisotopic (exact) mass is 408 g/mol. The Bertz CT molecular complexity index is 838. The summed E-state index contributed by atoms with van der Waals surface area (Å²) in [5, 5.41) is 0. The molecule has 0 atom stereocenters. The fourth-order valence-electron chi connectivity index (χ4n) is 3.86. The van der Waals surface area contributed by atoms with Crippen molar-refractivity contribution >= 4 is 23.3 Å². The minimum absolute atomic E-state index is 0.120. The van der Waals surface area contributed by atoms with Gasteiger partial charge in [-0.05, 0) is 41.5 Å². The first-order valence-corrected chi connectivity index (χ1v) is 11.3. The Morgan fingerprint density at radius 3 is 2.59 bits per heavy atom. The van der Waals surface area contributed by atoms with Gasteiger partial charge in [-0.1, -0.05) is 42.5 Å². The minimum Gasteiger partial charge on any atom is -0.461 e. The molecule has 5 heteroatoms. The molecular formula is C24H28N2O2S. The molecule has 2 aromatic rings. The van der Waals surface area contributed by atoms with Gasteiger partial charge in [0.1, 0.15) is 6.61 Å². The quantitative estimate of drug-likeness (QED) is 0.701. The van der Waals surface area contributed by atoms with Gasteiger partial charge < -0.3 is 14.5 Å². The highest BCUT2D eigenvalue weighted by atomic mass is 32.2. The third-order valence-electron chi connectivity index (χ3n) is 5.63. The third-order valence-corrected chi connectivity index (χ3v) is 6.75. The minimum atomic E-state index is -0.120. The Kier molecular flexibility index (Phi) is 6.70. The Morgan fingerprint density at radius 2 is 1.76 bits per heavy atom. The van der Waals surface area contributed by atoms with Crippen molar-refractivity contribution < 1.29 is 9.53 Å². The van der Waals surface area contributed by atoms with Crippen LogP contribution >= 0.6 is 11.8 Å². The Balaban J connectivity index is 1.41. The second-order valence-corrected chi connectivity index (χ2v) is 8.65. The van der Waals surface area contributed by atoms with E-state index in [-0.39, 0.29) is 5.97 Å². The first kappa shape index (κ1) is 20.2. The molecular weight excluding hydrogens is 380 g/mol. The smallest absolute Gasteiger partial charge is 0.307 e. The summed E-state index contributed by atoms with van der Waals surface area (Å²) in [6.45, 7) is 5.28. The molecule has 2 aromatic carbocycles. The van der Waals surface area contributed by atoms with Crippen LogP contribution in [-0.4, -0.2) is 62.1 Å². The van der Waals surface area contributed by atoms with Gasteiger partial charge in [-0.3, -0.25) is 4.79 Å². The number of nitrogens with zero attached hydrogens (tertiary/aromatic N) is 2. The van der Waals surface area contributed by atoms with Crippen LogP contribution < -0.4 is 0 Å². The number of hydrogen-bond acceptors (Lipinski definition) is 5. The number of likely N-dealkylation sites (N-methyl/N-ethyl adjacent to an activating group) is 1. The molecule has 0 radical (unpaired) electrons. The summed E-state index contributed by atoms with van der Waals surface area (Å²) in [7, 11) is 2.14. The third kappa shape index (κ3) is 5.10. The average molecular weight is 409 g/mol. The maximum atomic E-state index is 12.3. The number of ether oxygens (including phenoxy) is 1. The first-order chi connectivity index (χ1) is 14.2. The van der Waals surface area contributed by atoms with E-state index >= 15 is 0 Å². The summed E-state index contributed by atoms with van der Waals surface area (Å²) in [5.41, 5.74) is 4.93. The van der Waals surface area contributed by atoms with Crippen molar-refractivity contribution in [3.8, 4) is 0 Å². The molecule has 0 N–H and O–H groups in total. The van der Waals surface area contributed by atoms with Gasteiger partial charge >= 0.3 is 5.97 Å². The molecule has 1 fully saturated rings. The lowest BCUT2D eigenvalue weighted by Crippen LogP contribution is -2.45. The molecule has 0 spiro atoms. The van der Waals surface area contributed by atoms with E-state index in [2.05, 4.69) is 71.5 Å². The van der Waals surface area contributed by atoms with Crippen molar-refractivity contribution in [3.05, 3.63) is 71.3 Å². The summed E-state index contributed by atoms with van der Waals surface area (Å²) in [6.07, 6.45) is 2.52. The summed E-state index contributed by atoms with van der Waals surface area (Å²) in [6, 6.07) is 17.0. The molecule has 0 amide bonds. The van der Waals surface area contributed by atoms with Crippen molar-refractivity contribution in [2.75, 3.05) is 46.4 Å². The number of thioether (sulfide) groups is 1. The number of carbonyl (C=O) groups is 1. The van der Waals surface area contributed by atoms with Crippen LogP contribution in [0.15, 0.2) is 59.5 Å². The van der Waals surface area contributed by atoms with Crippen LogP contribution in [0, 0.1) is 0 Å². The second kappa shape index (κ2) is 9.61. The van der Waals surface area contributed by atoms with E-state index in [1.54, 1.807) is 0 Å². The molecule has 2 aliphatic rings. The van der Waals surface area contributed by atoms with Gasteiger partial charge in [0.25, 0.3) is 0 Å². The van der Waals surface area contributed by atoms with E-state index < -0.39 is 0 Å². The van der Waals surface area contributed by atoms with Crippen LogP contribution in [0.5, 0.6) is 0 Å². The zero-order chi connectivity index (χ0) is 20.1. The van der Waals surface area contributed by atoms with Gasteiger partial charge in [0.05, 0.1) is 6.42 Å². The van der Waals surface area contributed by atoms with Gasteiger partial charge in [0.15, 0.2) is 0 Å². The summed E-state index contributed by atoms with van der Waals surface area (Å²) >= 11 is 1.86. The van der Waals surface area contributed by atoms with E-state index in [0.29, 0.717) is 13.0 Å². The SMILES string of the molecule is CN1CCN(CCC(=O)OC/C=C2\c3ccccc3CSc3ccccc32)CC1. The first-order valence-electron chi connectivity index (χ1n) is 10.3. The molecule has 1 saturated heterocycles. The van der Waals surface area contributed by atoms with Crippen molar-refractivity contribution in [1.29, 1.82) is 0 Å². The normalized spacial score (nSPS) is 18.7. The molecule has 0 unspecified atom stereocenters. The highest BCUT2D eigenvalue weighted by molar-refractivity contribution is 7.98. The van der Waals surface area contributed by atoms with Gasteiger partial charge in [0, 0.05) is 43.4 Å². The van der Waals surface area contributed by atoms with Crippen LogP contribution in [0.1, 0.15) is 23.1 Å². The largest absolute Gasteiger partial charge is 0.461 e. The number of esters is 1. The lowest BCUT2D eigenvalue weighted by atomic mass is 9.94. The summed E-state index contributed by atoms with van der Waals surface area (Å²) in [5.74, 6) is 0.834. The molecule has 0 saturated carbocycles. The average Bonchev–Trinajstić information content (AvgIpc) is 2.91. The van der Waals surface area contributed by atoms with Gasteiger partial charge in [-0.25, -0.2) is 0 Å². The predicted octanol–water partition coefficient (Wildman–Crippen LogP) is 3.90. The lowest BCUT2D eigenvalue weighted by molar-refractivity contribution is -0.142. The molecule has 4 rings (SSSR count). The Morgan fingerprint density at radius 1 is 1.03 bits per heavy atom. The molecule has 4 nitrogen and oxygen atoms in total. The maximum absolute atomic E-state index is 12.3. The molecule has 2 aliphatic heterocycles. The fraction of sp³-hybridized carbons (Fsp3) is 0.375. The lowest BCUT2D eigenvalue weighted by Gasteiger charge is -2.31. The Labute approximate surface area is 177 Å². The van der Waals surface area contributed by atoms with E-state index in [1.165, 1.54) is 21.6 Å². The van der Waals surface area contributed by atoms with Crippen molar-refractivity contribution in [2.45, 2.75) is 17.1 Å². The standard InChI is InChI=1S/C24H28N2O2S/c1-25-13-15-26(16-14-25)12-10-24(27)28-17-11-21-20-7-3-2-6-19(20)18-29-23-9-5-4-8-22(21)23/h2-9,11H,10,12-18H2,1H3/b21-11+. The molecule has 0 aliphatic carbocycles. The number of rotatable bonds is 5. The van der Waals surface area contributed by atoms with E-state index in [4.69, 9.17) is 4.74 Å². The highest BCUT2D eigenvalue weighted by Crippen LogP contribution is 2.39. The summed E-state index contributed by atoms with van der Waals surface area (Å²) in [4.78, 5) is 18.2. The van der Waals surface area contributed by atoms with Gasteiger partial charge in [-0.2, -0.15) is 0 Å². The van der Waals surface area contributed by atoms with Crippen molar-refractivity contribution in [3.63, 3.8) is 0 Å². The van der Waals surface area contributed by atoms with E-state index in [1.807, 2.05) is 11.8 Å². The van der Waals surface area contributed by atoms with Crippen molar-refractivity contribution in [1.82, 2.24) is 9.80 Å². The molecule has 0 aromatic heterocycles. The fourth-order valence-corrected chi connectivity index (χ4v) is 4.93. The zero-order valence-electron chi connectivity index (χ0n) is 17.0. The van der Waals surface area contributed by atoms with Gasteiger partial charge in [0.2, 0.25) is 0 Å². The highest BCUT2D eigenvalue weighted by Gasteiger charge is 2.18. The molecule has 29 heavy (non-hydrogen) atoms. The van der Waals surface area contributed by atoms with Crippen LogP contribution in [0.2, 0.25) is 0 Å².